The highest BCUT2D eigenvalue weighted by molar-refractivity contribution is 6.30. The third-order valence-corrected chi connectivity index (χ3v) is 3.18. The van der Waals surface area contributed by atoms with Crippen molar-refractivity contribution in [3.05, 3.63) is 40.7 Å². The molecule has 0 bridgehead atoms. The van der Waals surface area contributed by atoms with Crippen LogP contribution < -0.4 is 5.32 Å². The lowest BCUT2D eigenvalue weighted by Crippen LogP contribution is -2.11. The fourth-order valence-electron chi connectivity index (χ4n) is 1.98. The van der Waals surface area contributed by atoms with E-state index in [1.165, 1.54) is 12.1 Å². The molecule has 2 rings (SSSR count). The summed E-state index contributed by atoms with van der Waals surface area (Å²) < 4.78 is 41.0. The number of imidazole rings is 1. The van der Waals surface area contributed by atoms with Gasteiger partial charge in [0.15, 0.2) is 0 Å². The lowest BCUT2D eigenvalue weighted by atomic mass is 10.1. The van der Waals surface area contributed by atoms with Gasteiger partial charge in [-0.2, -0.15) is 13.2 Å². The summed E-state index contributed by atoms with van der Waals surface area (Å²) in [6.07, 6.45) is -2.70. The van der Waals surface area contributed by atoms with Crippen LogP contribution in [0.3, 0.4) is 0 Å². The first-order valence-electron chi connectivity index (χ1n) is 6.37. The van der Waals surface area contributed by atoms with E-state index in [1.807, 2.05) is 13.8 Å². The minimum absolute atomic E-state index is 0.0382. The smallest absolute Gasteiger partial charge is 0.325 e. The number of aryl methyl sites for hydroxylation is 1. The van der Waals surface area contributed by atoms with Crippen molar-refractivity contribution < 1.29 is 13.2 Å². The predicted molar refractivity (Wildman–Crippen MR) is 77.1 cm³/mol. The third kappa shape index (κ3) is 3.50. The van der Waals surface area contributed by atoms with Gasteiger partial charge in [-0.3, -0.25) is 0 Å². The van der Waals surface area contributed by atoms with E-state index >= 15 is 0 Å². The van der Waals surface area contributed by atoms with Crippen LogP contribution in [0.1, 0.15) is 31.1 Å². The Morgan fingerprint density at radius 1 is 1.29 bits per heavy atom. The van der Waals surface area contributed by atoms with Gasteiger partial charge >= 0.3 is 6.18 Å². The molecule has 2 aromatic rings. The topological polar surface area (TPSA) is 29.9 Å². The molecule has 0 fully saturated rings. The van der Waals surface area contributed by atoms with Crippen LogP contribution in [-0.2, 0) is 6.18 Å². The summed E-state index contributed by atoms with van der Waals surface area (Å²) in [5, 5.41) is 2.79. The number of anilines is 2. The zero-order valence-corrected chi connectivity index (χ0v) is 12.5. The summed E-state index contributed by atoms with van der Waals surface area (Å²) in [6.45, 7) is 5.65. The number of nitrogens with one attached hydrogen (secondary N) is 1. The number of aromatic nitrogens is 2. The zero-order valence-electron chi connectivity index (χ0n) is 11.8. The normalized spacial score (nSPS) is 12.0. The van der Waals surface area contributed by atoms with Crippen LogP contribution in [0.2, 0.25) is 5.02 Å². The van der Waals surface area contributed by atoms with E-state index < -0.39 is 11.7 Å². The molecule has 3 nitrogen and oxygen atoms in total. The molecule has 0 aliphatic rings. The molecule has 114 valence electrons. The minimum atomic E-state index is -4.49. The largest absolute Gasteiger partial charge is 0.418 e. The van der Waals surface area contributed by atoms with E-state index in [9.17, 15) is 13.2 Å². The van der Waals surface area contributed by atoms with Gasteiger partial charge < -0.3 is 9.88 Å². The summed E-state index contributed by atoms with van der Waals surface area (Å²) in [4.78, 5) is 4.22. The first-order chi connectivity index (χ1) is 9.68. The van der Waals surface area contributed by atoms with Crippen LogP contribution in [-0.4, -0.2) is 9.55 Å². The number of alkyl halides is 3. The zero-order chi connectivity index (χ0) is 15.8. The van der Waals surface area contributed by atoms with Gasteiger partial charge in [0.25, 0.3) is 0 Å². The maximum Gasteiger partial charge on any atom is 0.418 e. The van der Waals surface area contributed by atoms with Crippen LogP contribution in [0.15, 0.2) is 24.4 Å². The van der Waals surface area contributed by atoms with Gasteiger partial charge in [0.05, 0.1) is 16.9 Å². The van der Waals surface area contributed by atoms with Gasteiger partial charge in [-0.1, -0.05) is 11.6 Å². The van der Waals surface area contributed by atoms with Crippen LogP contribution in [0.4, 0.5) is 24.8 Å². The number of rotatable bonds is 3. The number of hydrogen-bond donors (Lipinski definition) is 1. The van der Waals surface area contributed by atoms with Crippen molar-refractivity contribution in [2.75, 3.05) is 5.32 Å². The molecule has 1 heterocycles. The van der Waals surface area contributed by atoms with E-state index in [0.29, 0.717) is 5.95 Å². The Morgan fingerprint density at radius 3 is 2.52 bits per heavy atom. The molecular formula is C14H15ClF3N3. The Morgan fingerprint density at radius 2 is 1.95 bits per heavy atom. The highest BCUT2D eigenvalue weighted by atomic mass is 35.5. The summed E-state index contributed by atoms with van der Waals surface area (Å²) in [5.74, 6) is 0.371. The predicted octanol–water partition coefficient (Wildman–Crippen LogP) is 5.19. The van der Waals surface area contributed by atoms with Crippen LogP contribution in [0.25, 0.3) is 0 Å². The van der Waals surface area contributed by atoms with Crippen molar-refractivity contribution in [2.45, 2.75) is 33.0 Å². The summed E-state index contributed by atoms with van der Waals surface area (Å²) in [6, 6.07) is 3.70. The molecule has 0 saturated heterocycles. The van der Waals surface area contributed by atoms with Crippen molar-refractivity contribution >= 4 is 23.2 Å². The maximum absolute atomic E-state index is 13.1. The highest BCUT2D eigenvalue weighted by Crippen LogP contribution is 2.37. The maximum atomic E-state index is 13.1. The number of hydrogen-bond acceptors (Lipinski definition) is 2. The van der Waals surface area contributed by atoms with Crippen molar-refractivity contribution in [2.24, 2.45) is 0 Å². The first kappa shape index (κ1) is 15.7. The second kappa shape index (κ2) is 5.60. The van der Waals surface area contributed by atoms with E-state index in [2.05, 4.69) is 10.3 Å². The standard InChI is InChI=1S/C14H15ClF3N3/c1-8(2)21-7-9(3)19-13(21)20-12-5-4-10(15)6-11(12)14(16,17)18/h4-8H,1-3H3,(H,19,20). The molecule has 1 N–H and O–H groups in total. The Bertz CT molecular complexity index is 647. The first-order valence-corrected chi connectivity index (χ1v) is 6.75. The van der Waals surface area contributed by atoms with Gasteiger partial charge in [0, 0.05) is 17.3 Å². The molecule has 21 heavy (non-hydrogen) atoms. The Balaban J connectivity index is 2.45. The molecule has 0 aliphatic heterocycles. The van der Waals surface area contributed by atoms with E-state index in [-0.39, 0.29) is 16.8 Å². The fraction of sp³-hybridized carbons (Fsp3) is 0.357. The Kier molecular flexibility index (Phi) is 4.18. The molecule has 0 spiro atoms. The van der Waals surface area contributed by atoms with Crippen LogP contribution >= 0.6 is 11.6 Å². The lowest BCUT2D eigenvalue weighted by Gasteiger charge is -2.17. The SMILES string of the molecule is Cc1cn(C(C)C)c(Nc2ccc(Cl)cc2C(F)(F)F)n1. The average molecular weight is 318 g/mol. The van der Waals surface area contributed by atoms with Gasteiger partial charge in [0.1, 0.15) is 0 Å². The number of halogens is 4. The van der Waals surface area contributed by atoms with Crippen LogP contribution in [0, 0.1) is 6.92 Å². The quantitative estimate of drug-likeness (QED) is 0.844. The Labute approximate surface area is 125 Å². The summed E-state index contributed by atoms with van der Waals surface area (Å²) in [5.41, 5.74) is -0.154. The average Bonchev–Trinajstić information content (AvgIpc) is 2.71. The van der Waals surface area contributed by atoms with E-state index in [4.69, 9.17) is 11.6 Å². The van der Waals surface area contributed by atoms with Crippen molar-refractivity contribution in [3.8, 4) is 0 Å². The molecule has 0 aliphatic carbocycles. The molecule has 0 amide bonds. The van der Waals surface area contributed by atoms with Gasteiger partial charge in [0.2, 0.25) is 5.95 Å². The van der Waals surface area contributed by atoms with Crippen molar-refractivity contribution in [1.29, 1.82) is 0 Å². The number of nitrogens with zero attached hydrogens (tertiary/aromatic N) is 2. The van der Waals surface area contributed by atoms with Gasteiger partial charge in [-0.15, -0.1) is 0 Å². The van der Waals surface area contributed by atoms with Crippen molar-refractivity contribution in [1.82, 2.24) is 9.55 Å². The molecular weight excluding hydrogens is 303 g/mol. The molecule has 0 atom stereocenters. The second-order valence-corrected chi connectivity index (χ2v) is 5.46. The van der Waals surface area contributed by atoms with Crippen LogP contribution in [0.5, 0.6) is 0 Å². The van der Waals surface area contributed by atoms with Gasteiger partial charge in [-0.05, 0) is 39.0 Å². The van der Waals surface area contributed by atoms with E-state index in [1.54, 1.807) is 17.7 Å². The summed E-state index contributed by atoms with van der Waals surface area (Å²) >= 11 is 5.66. The minimum Gasteiger partial charge on any atom is -0.325 e. The molecule has 0 radical (unpaired) electrons. The highest BCUT2D eigenvalue weighted by Gasteiger charge is 2.34. The molecule has 0 unspecified atom stereocenters. The second-order valence-electron chi connectivity index (χ2n) is 5.02. The fourth-order valence-corrected chi connectivity index (χ4v) is 2.15. The summed E-state index contributed by atoms with van der Waals surface area (Å²) in [7, 11) is 0. The van der Waals surface area contributed by atoms with Gasteiger partial charge in [-0.25, -0.2) is 4.98 Å². The van der Waals surface area contributed by atoms with Crippen molar-refractivity contribution in [3.63, 3.8) is 0 Å². The molecule has 0 saturated carbocycles. The monoisotopic (exact) mass is 317 g/mol. The third-order valence-electron chi connectivity index (χ3n) is 2.94. The van der Waals surface area contributed by atoms with E-state index in [0.717, 1.165) is 11.8 Å². The molecule has 7 heteroatoms. The Hall–Kier alpha value is -1.69. The molecule has 1 aromatic heterocycles. The number of benzene rings is 1. The molecule has 1 aromatic carbocycles. The lowest BCUT2D eigenvalue weighted by molar-refractivity contribution is -0.136.